The van der Waals surface area contributed by atoms with Crippen molar-refractivity contribution in [2.24, 2.45) is 5.92 Å². The Kier molecular flexibility index (Phi) is 11.4. The molecule has 3 aromatic carbocycles. The summed E-state index contributed by atoms with van der Waals surface area (Å²) in [6, 6.07) is 27.9. The van der Waals surface area contributed by atoms with Crippen molar-refractivity contribution in [2.75, 3.05) is 31.5 Å². The third-order valence-corrected chi connectivity index (χ3v) is 7.92. The second-order valence-electron chi connectivity index (χ2n) is 11.1. The molecule has 212 valence electrons. The molecule has 1 aliphatic rings. The Balaban J connectivity index is 1.36. The zero-order valence-corrected chi connectivity index (χ0v) is 24.1. The number of Topliss-reactive ketones (excluding diaryl/α,β-unsaturated/α-hetero) is 1. The Morgan fingerprint density at radius 3 is 2.45 bits per heavy atom. The number of esters is 1. The number of ether oxygens (including phenoxy) is 1. The van der Waals surface area contributed by atoms with Crippen molar-refractivity contribution < 1.29 is 14.3 Å². The molecule has 5 nitrogen and oxygen atoms in total. The highest BCUT2D eigenvalue weighted by atomic mass is 16.5. The molecule has 0 radical (unpaired) electrons. The van der Waals surface area contributed by atoms with Crippen molar-refractivity contribution in [2.45, 2.75) is 64.4 Å². The van der Waals surface area contributed by atoms with E-state index >= 15 is 0 Å². The van der Waals surface area contributed by atoms with Gasteiger partial charge in [-0.05, 0) is 68.3 Å². The Morgan fingerprint density at radius 1 is 0.975 bits per heavy atom. The molecule has 3 aromatic rings. The van der Waals surface area contributed by atoms with Crippen LogP contribution in [0.3, 0.4) is 0 Å². The highest BCUT2D eigenvalue weighted by Gasteiger charge is 2.34. The fourth-order valence-electron chi connectivity index (χ4n) is 5.72. The number of piperidine rings is 1. The van der Waals surface area contributed by atoms with E-state index in [1.807, 2.05) is 60.7 Å². The van der Waals surface area contributed by atoms with Gasteiger partial charge in [-0.15, -0.1) is 0 Å². The zero-order valence-electron chi connectivity index (χ0n) is 24.1. The number of unbranched alkanes of at least 4 members (excludes halogenated alkanes) is 1. The molecule has 0 spiro atoms. The average molecular weight is 541 g/mol. The van der Waals surface area contributed by atoms with E-state index in [4.69, 9.17) is 4.74 Å². The summed E-state index contributed by atoms with van der Waals surface area (Å²) in [5.41, 5.74) is 4.11. The maximum Gasteiger partial charge on any atom is 0.313 e. The maximum atomic E-state index is 13.7. The molecular formula is C35H44N2O3. The molecule has 5 heteroatoms. The van der Waals surface area contributed by atoms with Crippen LogP contribution in [0.15, 0.2) is 84.9 Å². The number of hydrogen-bond donors (Lipinski definition) is 1. The standard InChI is InChI=1S/C35H44N2O3/c1-3-13-30-21-23-37(25-33(38)29-17-8-5-9-18-29)26-34(30)40-35(39)32(28-15-6-4-7-16-28)20-10-11-22-36-31-19-12-14-27(2)24-31/h4-9,12,14-19,24,30,32,34,36H,3,10-11,13,20-23,25-26H2,1-2H3. The van der Waals surface area contributed by atoms with Crippen molar-refractivity contribution in [1.29, 1.82) is 0 Å². The van der Waals surface area contributed by atoms with E-state index in [1.54, 1.807) is 0 Å². The normalized spacial score (nSPS) is 18.1. The van der Waals surface area contributed by atoms with Crippen molar-refractivity contribution >= 4 is 17.4 Å². The van der Waals surface area contributed by atoms with Gasteiger partial charge in [-0.3, -0.25) is 14.5 Å². The summed E-state index contributed by atoms with van der Waals surface area (Å²) < 4.78 is 6.32. The van der Waals surface area contributed by atoms with Crippen LogP contribution < -0.4 is 5.32 Å². The number of nitrogens with one attached hydrogen (secondary N) is 1. The van der Waals surface area contributed by atoms with E-state index in [0.717, 1.165) is 68.4 Å². The van der Waals surface area contributed by atoms with Crippen LogP contribution in [0.5, 0.6) is 0 Å². The number of aryl methyl sites for hydroxylation is 1. The lowest BCUT2D eigenvalue weighted by molar-refractivity contribution is -0.157. The van der Waals surface area contributed by atoms with Gasteiger partial charge in [-0.2, -0.15) is 0 Å². The molecule has 0 saturated carbocycles. The molecule has 1 heterocycles. The fourth-order valence-corrected chi connectivity index (χ4v) is 5.72. The van der Waals surface area contributed by atoms with Gasteiger partial charge < -0.3 is 10.1 Å². The van der Waals surface area contributed by atoms with Gasteiger partial charge in [0.15, 0.2) is 5.78 Å². The van der Waals surface area contributed by atoms with E-state index in [-0.39, 0.29) is 23.8 Å². The Bertz CT molecular complexity index is 1200. The summed E-state index contributed by atoms with van der Waals surface area (Å²) in [5, 5.41) is 3.50. The Morgan fingerprint density at radius 2 is 1.73 bits per heavy atom. The van der Waals surface area contributed by atoms with Crippen molar-refractivity contribution in [3.63, 3.8) is 0 Å². The maximum absolute atomic E-state index is 13.7. The number of anilines is 1. The van der Waals surface area contributed by atoms with Crippen LogP contribution in [-0.2, 0) is 9.53 Å². The number of carbonyl (C=O) groups excluding carboxylic acids is 2. The monoisotopic (exact) mass is 540 g/mol. The molecule has 0 amide bonds. The van der Waals surface area contributed by atoms with Crippen molar-refractivity contribution in [1.82, 2.24) is 4.90 Å². The third-order valence-electron chi connectivity index (χ3n) is 7.92. The molecule has 0 aromatic heterocycles. The van der Waals surface area contributed by atoms with Gasteiger partial charge in [0.05, 0.1) is 12.5 Å². The largest absolute Gasteiger partial charge is 0.460 e. The molecule has 1 saturated heterocycles. The average Bonchev–Trinajstić information content (AvgIpc) is 2.97. The van der Waals surface area contributed by atoms with Crippen molar-refractivity contribution in [3.8, 4) is 0 Å². The number of benzene rings is 3. The van der Waals surface area contributed by atoms with Crippen LogP contribution in [0, 0.1) is 12.8 Å². The minimum absolute atomic E-state index is 0.112. The van der Waals surface area contributed by atoms with E-state index in [1.165, 1.54) is 5.56 Å². The number of nitrogens with zero attached hydrogens (tertiary/aromatic N) is 1. The Hall–Kier alpha value is -3.44. The summed E-state index contributed by atoms with van der Waals surface area (Å²) in [7, 11) is 0. The van der Waals surface area contributed by atoms with Gasteiger partial charge in [-0.25, -0.2) is 0 Å². The van der Waals surface area contributed by atoms with Crippen LogP contribution in [0.4, 0.5) is 5.69 Å². The first kappa shape index (κ1) is 29.5. The first-order valence-corrected chi connectivity index (χ1v) is 14.9. The molecule has 3 atom stereocenters. The predicted molar refractivity (Wildman–Crippen MR) is 163 cm³/mol. The first-order chi connectivity index (χ1) is 19.5. The van der Waals surface area contributed by atoms with Crippen LogP contribution in [0.2, 0.25) is 0 Å². The van der Waals surface area contributed by atoms with E-state index in [9.17, 15) is 9.59 Å². The second-order valence-corrected chi connectivity index (χ2v) is 11.1. The van der Waals surface area contributed by atoms with Gasteiger partial charge in [0.1, 0.15) is 6.10 Å². The molecule has 1 aliphatic heterocycles. The number of likely N-dealkylation sites (tertiary alicyclic amines) is 1. The summed E-state index contributed by atoms with van der Waals surface area (Å²) in [4.78, 5) is 28.7. The Labute approximate surface area is 239 Å². The fraction of sp³-hybridized carbons (Fsp3) is 0.429. The van der Waals surface area contributed by atoms with Crippen molar-refractivity contribution in [3.05, 3.63) is 102 Å². The predicted octanol–water partition coefficient (Wildman–Crippen LogP) is 7.28. The van der Waals surface area contributed by atoms with Crippen LogP contribution >= 0.6 is 0 Å². The van der Waals surface area contributed by atoms with E-state index < -0.39 is 0 Å². The summed E-state index contributed by atoms with van der Waals surface area (Å²) >= 11 is 0. The molecular weight excluding hydrogens is 496 g/mol. The summed E-state index contributed by atoms with van der Waals surface area (Å²) in [5.74, 6) is 0.0111. The summed E-state index contributed by atoms with van der Waals surface area (Å²) in [6.45, 7) is 6.96. The van der Waals surface area contributed by atoms with Crippen LogP contribution in [0.1, 0.15) is 72.9 Å². The lowest BCUT2D eigenvalue weighted by Crippen LogP contribution is -2.48. The lowest BCUT2D eigenvalue weighted by Gasteiger charge is -2.38. The quantitative estimate of drug-likeness (QED) is 0.132. The molecule has 40 heavy (non-hydrogen) atoms. The van der Waals surface area contributed by atoms with Gasteiger partial charge in [0.2, 0.25) is 0 Å². The number of hydrogen-bond acceptors (Lipinski definition) is 5. The second kappa shape index (κ2) is 15.4. The van der Waals surface area contributed by atoms with Gasteiger partial charge in [-0.1, -0.05) is 92.6 Å². The number of rotatable bonds is 14. The molecule has 0 aliphatic carbocycles. The molecule has 4 rings (SSSR count). The van der Waals surface area contributed by atoms with Gasteiger partial charge in [0.25, 0.3) is 0 Å². The minimum atomic E-state index is -0.288. The highest BCUT2D eigenvalue weighted by molar-refractivity contribution is 5.97. The molecule has 1 N–H and O–H groups in total. The molecule has 0 bridgehead atoms. The highest BCUT2D eigenvalue weighted by Crippen LogP contribution is 2.29. The molecule has 1 fully saturated rings. The van der Waals surface area contributed by atoms with E-state index in [2.05, 4.69) is 48.3 Å². The lowest BCUT2D eigenvalue weighted by atomic mass is 9.88. The first-order valence-electron chi connectivity index (χ1n) is 14.9. The minimum Gasteiger partial charge on any atom is -0.460 e. The SMILES string of the molecule is CCCC1CCN(CC(=O)c2ccccc2)CC1OC(=O)C(CCCCNc1cccc(C)c1)c1ccccc1. The number of carbonyl (C=O) groups is 2. The molecule has 3 unspecified atom stereocenters. The van der Waals surface area contributed by atoms with Crippen LogP contribution in [0.25, 0.3) is 0 Å². The zero-order chi connectivity index (χ0) is 28.2. The smallest absolute Gasteiger partial charge is 0.313 e. The van der Waals surface area contributed by atoms with Gasteiger partial charge in [0, 0.05) is 24.3 Å². The number of ketones is 1. The van der Waals surface area contributed by atoms with Gasteiger partial charge >= 0.3 is 5.97 Å². The van der Waals surface area contributed by atoms with Crippen LogP contribution in [-0.4, -0.2) is 48.9 Å². The summed E-state index contributed by atoms with van der Waals surface area (Å²) in [6.07, 6.45) is 5.47. The van der Waals surface area contributed by atoms with E-state index in [0.29, 0.717) is 19.0 Å². The third kappa shape index (κ3) is 8.79. The topological polar surface area (TPSA) is 58.6 Å².